The van der Waals surface area contributed by atoms with E-state index in [4.69, 9.17) is 0 Å². The number of carbonyl (C=O) groups is 1. The molecule has 0 aromatic carbocycles. The Morgan fingerprint density at radius 1 is 1.00 bits per heavy atom. The molecular weight excluding hydrogens is 412 g/mol. The largest absolute Gasteiger partial charge is 0.308 e. The van der Waals surface area contributed by atoms with Crippen molar-refractivity contribution in [3.05, 3.63) is 33.6 Å². The van der Waals surface area contributed by atoms with Crippen LogP contribution in [0.15, 0.2) is 33.6 Å². The first kappa shape index (κ1) is 22.1. The molecule has 0 saturated carbocycles. The number of hydrogen-bond donors (Lipinski definition) is 2. The number of carbonyl (C=O) groups excluding carboxylic acids is 1. The molecule has 0 aromatic heterocycles. The van der Waals surface area contributed by atoms with Crippen LogP contribution in [0.4, 0.5) is 0 Å². The number of ketones is 1. The SMILES string of the molecule is CN(C)CCN(C)CC1=CC(Br)=CC(=C2N(O)C(C)(C)C(C)(C)N2O)C1=O. The smallest absolute Gasteiger partial charge is 0.194 e. The summed E-state index contributed by atoms with van der Waals surface area (Å²) in [5, 5.41) is 23.5. The highest BCUT2D eigenvalue weighted by atomic mass is 79.9. The Morgan fingerprint density at radius 3 is 2.00 bits per heavy atom. The van der Waals surface area contributed by atoms with Crippen LogP contribution in [0.1, 0.15) is 27.7 Å². The predicted octanol–water partition coefficient (Wildman–Crippen LogP) is 2.43. The van der Waals surface area contributed by atoms with Crippen LogP contribution < -0.4 is 0 Å². The van der Waals surface area contributed by atoms with Gasteiger partial charge in [-0.2, -0.15) is 0 Å². The van der Waals surface area contributed by atoms with Crippen LogP contribution >= 0.6 is 15.9 Å². The Morgan fingerprint density at radius 2 is 1.52 bits per heavy atom. The zero-order valence-electron chi connectivity index (χ0n) is 17.2. The van der Waals surface area contributed by atoms with Gasteiger partial charge in [0, 0.05) is 29.7 Å². The fourth-order valence-corrected chi connectivity index (χ4v) is 3.55. The van der Waals surface area contributed by atoms with Crippen molar-refractivity contribution in [2.24, 2.45) is 0 Å². The predicted molar refractivity (Wildman–Crippen MR) is 109 cm³/mol. The van der Waals surface area contributed by atoms with Gasteiger partial charge in [-0.25, -0.2) is 10.1 Å². The molecule has 0 unspecified atom stereocenters. The molecule has 8 heteroatoms. The molecule has 2 rings (SSSR count). The lowest BCUT2D eigenvalue weighted by Gasteiger charge is -2.37. The number of rotatable bonds is 5. The summed E-state index contributed by atoms with van der Waals surface area (Å²) in [6, 6.07) is 0. The second-order valence-electron chi connectivity index (χ2n) is 8.55. The number of halogens is 1. The van der Waals surface area contributed by atoms with Crippen LogP contribution in [0.2, 0.25) is 0 Å². The van der Waals surface area contributed by atoms with E-state index in [0.717, 1.165) is 27.7 Å². The minimum absolute atomic E-state index is 0.105. The Kier molecular flexibility index (Phi) is 6.28. The molecule has 0 amide bonds. The van der Waals surface area contributed by atoms with E-state index in [2.05, 4.69) is 25.7 Å². The number of Topliss-reactive ketones (excluding diaryl/α,β-unsaturated/α-hetero) is 1. The first-order chi connectivity index (χ1) is 12.3. The van der Waals surface area contributed by atoms with Gasteiger partial charge in [-0.05, 0) is 61.0 Å². The maximum Gasteiger partial charge on any atom is 0.194 e. The fourth-order valence-electron chi connectivity index (χ4n) is 3.04. The molecule has 0 aromatic rings. The summed E-state index contributed by atoms with van der Waals surface area (Å²) in [6.07, 6.45) is 3.44. The first-order valence-corrected chi connectivity index (χ1v) is 9.78. The third kappa shape index (κ3) is 4.00. The maximum absolute atomic E-state index is 13.1. The molecule has 0 atom stereocenters. The van der Waals surface area contributed by atoms with Gasteiger partial charge in [0.25, 0.3) is 0 Å². The summed E-state index contributed by atoms with van der Waals surface area (Å²) < 4.78 is 0.727. The van der Waals surface area contributed by atoms with Crippen LogP contribution in [0.5, 0.6) is 0 Å². The number of hydrogen-bond acceptors (Lipinski definition) is 7. The summed E-state index contributed by atoms with van der Waals surface area (Å²) in [4.78, 5) is 17.3. The van der Waals surface area contributed by atoms with Crippen LogP contribution in [0, 0.1) is 0 Å². The van der Waals surface area contributed by atoms with Gasteiger partial charge < -0.3 is 9.80 Å². The lowest BCUT2D eigenvalue weighted by atomic mass is 9.84. The summed E-state index contributed by atoms with van der Waals surface area (Å²) in [7, 11) is 5.99. The molecule has 1 saturated heterocycles. The monoisotopic (exact) mass is 442 g/mol. The van der Waals surface area contributed by atoms with Gasteiger partial charge in [0.15, 0.2) is 11.6 Å². The molecule has 0 spiro atoms. The van der Waals surface area contributed by atoms with E-state index < -0.39 is 11.1 Å². The zero-order valence-corrected chi connectivity index (χ0v) is 18.8. The fraction of sp³-hybridized carbons (Fsp3) is 0.632. The van der Waals surface area contributed by atoms with Gasteiger partial charge in [-0.1, -0.05) is 15.9 Å². The van der Waals surface area contributed by atoms with Crippen LogP contribution in [0.3, 0.4) is 0 Å². The van der Waals surface area contributed by atoms with E-state index in [-0.39, 0.29) is 17.2 Å². The average molecular weight is 443 g/mol. The molecular formula is C19H31BrN4O3. The minimum atomic E-state index is -0.783. The Balaban J connectivity index is 2.37. The molecule has 2 aliphatic rings. The van der Waals surface area contributed by atoms with Crippen LogP contribution in [0.25, 0.3) is 0 Å². The van der Waals surface area contributed by atoms with Gasteiger partial charge in [0.2, 0.25) is 0 Å². The van der Waals surface area contributed by atoms with Crippen molar-refractivity contribution in [1.29, 1.82) is 0 Å². The maximum atomic E-state index is 13.1. The van der Waals surface area contributed by atoms with Crippen molar-refractivity contribution in [3.63, 3.8) is 0 Å². The van der Waals surface area contributed by atoms with Gasteiger partial charge in [0.05, 0.1) is 16.7 Å². The molecule has 0 bridgehead atoms. The van der Waals surface area contributed by atoms with Crippen molar-refractivity contribution in [2.45, 2.75) is 38.8 Å². The van der Waals surface area contributed by atoms with Crippen LogP contribution in [-0.2, 0) is 4.79 Å². The van der Waals surface area contributed by atoms with Crippen molar-refractivity contribution < 1.29 is 15.2 Å². The molecule has 2 N–H and O–H groups in total. The molecule has 1 aliphatic heterocycles. The highest BCUT2D eigenvalue weighted by molar-refractivity contribution is 9.11. The lowest BCUT2D eigenvalue weighted by molar-refractivity contribution is -0.125. The van der Waals surface area contributed by atoms with Crippen molar-refractivity contribution in [2.75, 3.05) is 40.8 Å². The third-order valence-corrected chi connectivity index (χ3v) is 6.16. The molecule has 1 aliphatic carbocycles. The summed E-state index contributed by atoms with van der Waals surface area (Å²) in [5.41, 5.74) is -0.690. The van der Waals surface area contributed by atoms with E-state index in [1.54, 1.807) is 12.2 Å². The molecule has 0 radical (unpaired) electrons. The summed E-state index contributed by atoms with van der Waals surface area (Å²) >= 11 is 3.46. The first-order valence-electron chi connectivity index (χ1n) is 8.99. The molecule has 152 valence electrons. The van der Waals surface area contributed by atoms with Crippen molar-refractivity contribution in [3.8, 4) is 0 Å². The second-order valence-corrected chi connectivity index (χ2v) is 9.46. The van der Waals surface area contributed by atoms with E-state index in [1.165, 1.54) is 0 Å². The van der Waals surface area contributed by atoms with E-state index >= 15 is 0 Å². The molecule has 1 heterocycles. The summed E-state index contributed by atoms with van der Waals surface area (Å²) in [6.45, 7) is 9.48. The second kappa shape index (κ2) is 7.67. The van der Waals surface area contributed by atoms with Gasteiger partial charge in [-0.15, -0.1) is 0 Å². The average Bonchev–Trinajstić information content (AvgIpc) is 2.67. The minimum Gasteiger partial charge on any atom is -0.308 e. The van der Waals surface area contributed by atoms with E-state index in [0.29, 0.717) is 12.1 Å². The zero-order chi connectivity index (χ0) is 20.7. The Hall–Kier alpha value is -1.19. The number of allylic oxidation sites excluding steroid dienone is 4. The topological polar surface area (TPSA) is 70.5 Å². The summed E-state index contributed by atoms with van der Waals surface area (Å²) in [5.74, 6) is -0.0926. The molecule has 1 fully saturated rings. The standard InChI is InChI=1S/C19H31BrN4O3/c1-18(2)19(3,4)24(27)17(23(18)26)15-11-14(20)10-13(16(15)25)12-22(7)9-8-21(5)6/h10-11,26-27H,8-9,12H2,1-7H3. The normalized spacial score (nSPS) is 22.1. The number of hydroxylamine groups is 4. The quantitative estimate of drug-likeness (QED) is 0.633. The van der Waals surface area contributed by atoms with Gasteiger partial charge >= 0.3 is 0 Å². The third-order valence-electron chi connectivity index (χ3n) is 5.70. The molecule has 7 nitrogen and oxygen atoms in total. The lowest BCUT2D eigenvalue weighted by Crippen LogP contribution is -2.52. The van der Waals surface area contributed by atoms with Crippen LogP contribution in [-0.4, -0.2) is 88.0 Å². The number of likely N-dealkylation sites (N-methyl/N-ethyl adjacent to an activating group) is 2. The van der Waals surface area contributed by atoms with Gasteiger partial charge in [0.1, 0.15) is 0 Å². The Labute approximate surface area is 170 Å². The number of nitrogens with zero attached hydrogens (tertiary/aromatic N) is 4. The highest BCUT2D eigenvalue weighted by Crippen LogP contribution is 2.45. The van der Waals surface area contributed by atoms with Crippen molar-refractivity contribution >= 4 is 21.7 Å². The van der Waals surface area contributed by atoms with E-state index in [9.17, 15) is 15.2 Å². The van der Waals surface area contributed by atoms with Gasteiger partial charge in [-0.3, -0.25) is 15.2 Å². The Bertz CT molecular complexity index is 688. The van der Waals surface area contributed by atoms with E-state index in [1.807, 2.05) is 48.8 Å². The van der Waals surface area contributed by atoms with Crippen molar-refractivity contribution in [1.82, 2.24) is 19.9 Å². The highest BCUT2D eigenvalue weighted by Gasteiger charge is 2.56. The molecule has 27 heavy (non-hydrogen) atoms.